The smallest absolute Gasteiger partial charge is 0.119 e. The average Bonchev–Trinajstić information content (AvgIpc) is 2.96. The van der Waals surface area contributed by atoms with E-state index >= 15 is 0 Å². The maximum atomic E-state index is 6.06. The van der Waals surface area contributed by atoms with E-state index in [2.05, 4.69) is 97.6 Å². The van der Waals surface area contributed by atoms with Crippen LogP contribution in [0.5, 0.6) is 17.2 Å². The number of fused-ring (bicyclic) bond motifs is 1. The van der Waals surface area contributed by atoms with Gasteiger partial charge in [0.1, 0.15) is 23.9 Å². The normalized spacial score (nSPS) is 14.7. The van der Waals surface area contributed by atoms with E-state index < -0.39 is 0 Å². The Morgan fingerprint density at radius 1 is 0.789 bits per heavy atom. The number of rotatable bonds is 10. The first-order valence-electron chi connectivity index (χ1n) is 13.6. The Balaban J connectivity index is 1.39. The van der Waals surface area contributed by atoms with E-state index in [1.54, 1.807) is 7.11 Å². The van der Waals surface area contributed by atoms with E-state index in [4.69, 9.17) is 14.2 Å². The summed E-state index contributed by atoms with van der Waals surface area (Å²) >= 11 is 0. The lowest BCUT2D eigenvalue weighted by atomic mass is 9.90. The molecule has 0 fully saturated rings. The second kappa shape index (κ2) is 12.1. The molecule has 4 nitrogen and oxygen atoms in total. The second-order valence-corrected chi connectivity index (χ2v) is 10.3. The Labute approximate surface area is 226 Å². The van der Waals surface area contributed by atoms with Crippen LogP contribution in [0.3, 0.4) is 0 Å². The van der Waals surface area contributed by atoms with E-state index in [1.807, 2.05) is 18.2 Å². The minimum Gasteiger partial charge on any atom is -0.497 e. The molecule has 4 aromatic carbocycles. The number of anilines is 2. The predicted octanol–water partition coefficient (Wildman–Crippen LogP) is 8.52. The zero-order chi connectivity index (χ0) is 26.3. The molecule has 0 N–H and O–H groups in total. The maximum Gasteiger partial charge on any atom is 0.119 e. The number of ether oxygens (including phenoxy) is 3. The van der Waals surface area contributed by atoms with Crippen molar-refractivity contribution in [1.29, 1.82) is 0 Å². The van der Waals surface area contributed by atoms with Crippen LogP contribution in [0.4, 0.5) is 11.4 Å². The molecule has 1 aliphatic heterocycles. The zero-order valence-corrected chi connectivity index (χ0v) is 22.6. The number of nitrogens with zero attached hydrogens (tertiary/aromatic N) is 1. The molecule has 5 rings (SSSR count). The molecule has 0 saturated carbocycles. The van der Waals surface area contributed by atoms with Crippen LogP contribution in [-0.2, 0) is 13.0 Å². The van der Waals surface area contributed by atoms with Gasteiger partial charge in [-0.3, -0.25) is 0 Å². The minimum absolute atomic E-state index is 0.219. The summed E-state index contributed by atoms with van der Waals surface area (Å²) in [6.07, 6.45) is 3.07. The average molecular weight is 508 g/mol. The summed E-state index contributed by atoms with van der Waals surface area (Å²) in [5.41, 5.74) is 6.11. The first-order valence-corrected chi connectivity index (χ1v) is 13.6. The number of hydrogen-bond donors (Lipinski definition) is 0. The van der Waals surface area contributed by atoms with Crippen molar-refractivity contribution in [2.45, 2.75) is 45.8 Å². The molecule has 38 heavy (non-hydrogen) atoms. The fourth-order valence-electron chi connectivity index (χ4n) is 4.99. The quantitative estimate of drug-likeness (QED) is 0.215. The lowest BCUT2D eigenvalue weighted by Crippen LogP contribution is -2.29. The van der Waals surface area contributed by atoms with Crippen molar-refractivity contribution in [3.05, 3.63) is 114 Å². The highest BCUT2D eigenvalue weighted by Crippen LogP contribution is 2.45. The van der Waals surface area contributed by atoms with Crippen molar-refractivity contribution in [3.8, 4) is 17.2 Å². The summed E-state index contributed by atoms with van der Waals surface area (Å²) < 4.78 is 17.6. The predicted molar refractivity (Wildman–Crippen MR) is 155 cm³/mol. The number of hydrogen-bond acceptors (Lipinski definition) is 4. The van der Waals surface area contributed by atoms with Crippen LogP contribution in [0, 0.1) is 5.92 Å². The summed E-state index contributed by atoms with van der Waals surface area (Å²) in [6.45, 7) is 5.75. The Morgan fingerprint density at radius 3 is 2.18 bits per heavy atom. The first kappa shape index (κ1) is 25.7. The summed E-state index contributed by atoms with van der Waals surface area (Å²) in [5, 5.41) is 0. The van der Waals surface area contributed by atoms with Crippen LogP contribution in [-0.4, -0.2) is 13.7 Å². The number of aryl methyl sites for hydroxylation is 1. The van der Waals surface area contributed by atoms with Crippen molar-refractivity contribution >= 4 is 11.4 Å². The number of methoxy groups -OCH3 is 1. The van der Waals surface area contributed by atoms with Gasteiger partial charge in [-0.25, -0.2) is 0 Å². The summed E-state index contributed by atoms with van der Waals surface area (Å²) in [7, 11) is 1.73. The first-order chi connectivity index (χ1) is 18.6. The Hall–Kier alpha value is -3.92. The number of benzene rings is 4. The Kier molecular flexibility index (Phi) is 8.18. The van der Waals surface area contributed by atoms with Crippen molar-refractivity contribution in [3.63, 3.8) is 0 Å². The van der Waals surface area contributed by atoms with Gasteiger partial charge in [-0.15, -0.1) is 0 Å². The highest BCUT2D eigenvalue weighted by atomic mass is 16.5. The van der Waals surface area contributed by atoms with Crippen LogP contribution >= 0.6 is 0 Å². The lowest BCUT2D eigenvalue weighted by Gasteiger charge is -2.39. The highest BCUT2D eigenvalue weighted by Gasteiger charge is 2.29. The Bertz CT molecular complexity index is 1300. The summed E-state index contributed by atoms with van der Waals surface area (Å²) in [4.78, 5) is 2.45. The van der Waals surface area contributed by atoms with Gasteiger partial charge in [-0.2, -0.15) is 0 Å². The molecule has 0 aliphatic carbocycles. The molecule has 1 atom stereocenters. The van der Waals surface area contributed by atoms with Gasteiger partial charge in [0.2, 0.25) is 0 Å². The molecule has 4 heteroatoms. The molecule has 0 amide bonds. The second-order valence-electron chi connectivity index (χ2n) is 10.3. The molecule has 196 valence electrons. The maximum absolute atomic E-state index is 6.06. The van der Waals surface area contributed by atoms with Crippen molar-refractivity contribution in [2.24, 2.45) is 5.92 Å². The molecular formula is C34H37NO3. The van der Waals surface area contributed by atoms with Crippen molar-refractivity contribution in [2.75, 3.05) is 18.6 Å². The third-order valence-corrected chi connectivity index (χ3v) is 7.14. The molecule has 0 saturated heterocycles. The third kappa shape index (κ3) is 6.13. The molecule has 1 unspecified atom stereocenters. The third-order valence-electron chi connectivity index (χ3n) is 7.14. The molecule has 0 aromatic heterocycles. The molecule has 1 heterocycles. The minimum atomic E-state index is 0.219. The van der Waals surface area contributed by atoms with Crippen LogP contribution in [0.25, 0.3) is 0 Å². The Morgan fingerprint density at radius 2 is 1.47 bits per heavy atom. The van der Waals surface area contributed by atoms with Gasteiger partial charge in [0.25, 0.3) is 0 Å². The van der Waals surface area contributed by atoms with Gasteiger partial charge in [0.15, 0.2) is 0 Å². The SMILES string of the molecule is COc1ccc2c(c1)CCC(c1ccc(OCCC(C)C)cc1)N2c1ccc(OCc2ccccc2)cc1. The van der Waals surface area contributed by atoms with E-state index in [0.717, 1.165) is 54.4 Å². The van der Waals surface area contributed by atoms with Gasteiger partial charge >= 0.3 is 0 Å². The van der Waals surface area contributed by atoms with E-state index in [1.165, 1.54) is 16.8 Å². The van der Waals surface area contributed by atoms with Gasteiger partial charge < -0.3 is 19.1 Å². The van der Waals surface area contributed by atoms with Crippen LogP contribution in [0.15, 0.2) is 97.1 Å². The fraction of sp³-hybridized carbons (Fsp3) is 0.294. The standard InChI is InChI=1S/C34H37NO3/c1-25(2)21-22-37-30-14-9-27(10-15-30)33-19-11-28-23-32(36-3)18-20-34(28)35(33)29-12-16-31(17-13-29)38-24-26-7-5-4-6-8-26/h4-10,12-18,20,23,25,33H,11,19,21-22,24H2,1-3H3. The van der Waals surface area contributed by atoms with Gasteiger partial charge in [-0.1, -0.05) is 56.3 Å². The molecule has 1 aliphatic rings. The topological polar surface area (TPSA) is 30.9 Å². The molecule has 0 bridgehead atoms. The van der Waals surface area contributed by atoms with Gasteiger partial charge in [0.05, 0.1) is 19.8 Å². The highest BCUT2D eigenvalue weighted by molar-refractivity contribution is 5.71. The van der Waals surface area contributed by atoms with Gasteiger partial charge in [0, 0.05) is 11.4 Å². The van der Waals surface area contributed by atoms with Gasteiger partial charge in [-0.05, 0) is 96.5 Å². The molecular weight excluding hydrogens is 470 g/mol. The van der Waals surface area contributed by atoms with E-state index in [-0.39, 0.29) is 6.04 Å². The van der Waals surface area contributed by atoms with E-state index in [0.29, 0.717) is 12.5 Å². The lowest BCUT2D eigenvalue weighted by molar-refractivity contribution is 0.289. The fourth-order valence-corrected chi connectivity index (χ4v) is 4.99. The van der Waals surface area contributed by atoms with E-state index in [9.17, 15) is 0 Å². The van der Waals surface area contributed by atoms with Crippen LogP contribution in [0.2, 0.25) is 0 Å². The largest absolute Gasteiger partial charge is 0.497 e. The van der Waals surface area contributed by atoms with Crippen molar-refractivity contribution < 1.29 is 14.2 Å². The summed E-state index contributed by atoms with van der Waals surface area (Å²) in [6, 6.07) is 34.0. The van der Waals surface area contributed by atoms with Crippen molar-refractivity contribution in [1.82, 2.24) is 0 Å². The summed E-state index contributed by atoms with van der Waals surface area (Å²) in [5.74, 6) is 3.33. The molecule has 4 aromatic rings. The zero-order valence-electron chi connectivity index (χ0n) is 22.6. The monoisotopic (exact) mass is 507 g/mol. The molecule has 0 radical (unpaired) electrons. The molecule has 0 spiro atoms. The van der Waals surface area contributed by atoms with Crippen LogP contribution in [0.1, 0.15) is 49.4 Å². The van der Waals surface area contributed by atoms with Crippen LogP contribution < -0.4 is 19.1 Å².